The van der Waals surface area contributed by atoms with Gasteiger partial charge >= 0.3 is 6.18 Å². The fourth-order valence-corrected chi connectivity index (χ4v) is 2.36. The van der Waals surface area contributed by atoms with E-state index in [-0.39, 0.29) is 17.0 Å². The molecule has 0 saturated heterocycles. The third-order valence-electron chi connectivity index (χ3n) is 3.38. The highest BCUT2D eigenvalue weighted by Gasteiger charge is 2.33. The average Bonchev–Trinajstić information content (AvgIpc) is 2.53. The van der Waals surface area contributed by atoms with Crippen LogP contribution in [0.4, 0.5) is 18.9 Å². The minimum atomic E-state index is -4.46. The smallest absolute Gasteiger partial charge is 0.417 e. The van der Waals surface area contributed by atoms with Crippen molar-refractivity contribution in [2.24, 2.45) is 0 Å². The van der Waals surface area contributed by atoms with Crippen molar-refractivity contribution >= 4 is 12.1 Å². The molecule has 1 aliphatic heterocycles. The molecule has 114 valence electrons. The van der Waals surface area contributed by atoms with E-state index in [4.69, 9.17) is 4.74 Å². The Morgan fingerprint density at radius 2 is 2.05 bits per heavy atom. The summed E-state index contributed by atoms with van der Waals surface area (Å²) in [4.78, 5) is 16.5. The van der Waals surface area contributed by atoms with Crippen molar-refractivity contribution in [3.05, 3.63) is 42.1 Å². The standard InChI is InChI=1S/C15H11F3N2O2/c16-15(17,18)12-4-2-1-3-11(12)10-7-13-14(19-8-10)22-6-5-20(13)9-21/h1-4,7-9H,5-6H2. The number of anilines is 1. The maximum Gasteiger partial charge on any atom is 0.417 e. The van der Waals surface area contributed by atoms with Gasteiger partial charge in [0.2, 0.25) is 12.3 Å². The second kappa shape index (κ2) is 5.32. The topological polar surface area (TPSA) is 42.4 Å². The third-order valence-corrected chi connectivity index (χ3v) is 3.38. The van der Waals surface area contributed by atoms with Gasteiger partial charge in [0.25, 0.3) is 0 Å². The normalized spacial score (nSPS) is 14.2. The number of ether oxygens (including phenoxy) is 1. The van der Waals surface area contributed by atoms with Crippen LogP contribution in [0.1, 0.15) is 5.56 Å². The minimum Gasteiger partial charge on any atom is -0.474 e. The van der Waals surface area contributed by atoms with E-state index in [9.17, 15) is 18.0 Å². The van der Waals surface area contributed by atoms with E-state index in [0.717, 1.165) is 6.07 Å². The second-order valence-electron chi connectivity index (χ2n) is 4.74. The van der Waals surface area contributed by atoms with Crippen molar-refractivity contribution < 1.29 is 22.7 Å². The molecule has 4 nitrogen and oxygen atoms in total. The van der Waals surface area contributed by atoms with Crippen LogP contribution >= 0.6 is 0 Å². The van der Waals surface area contributed by atoms with Crippen LogP contribution in [-0.2, 0) is 11.0 Å². The first kappa shape index (κ1) is 14.4. The number of amides is 1. The summed E-state index contributed by atoms with van der Waals surface area (Å²) < 4.78 is 44.6. The van der Waals surface area contributed by atoms with Gasteiger partial charge in [-0.15, -0.1) is 0 Å². The summed E-state index contributed by atoms with van der Waals surface area (Å²) in [5.41, 5.74) is -0.0763. The van der Waals surface area contributed by atoms with Gasteiger partial charge < -0.3 is 9.64 Å². The molecule has 0 bridgehead atoms. The summed E-state index contributed by atoms with van der Waals surface area (Å²) >= 11 is 0. The van der Waals surface area contributed by atoms with Crippen molar-refractivity contribution in [1.82, 2.24) is 4.98 Å². The second-order valence-corrected chi connectivity index (χ2v) is 4.74. The number of pyridine rings is 1. The van der Waals surface area contributed by atoms with E-state index in [1.54, 1.807) is 0 Å². The molecular formula is C15H11F3N2O2. The number of benzene rings is 1. The number of hydrogen-bond donors (Lipinski definition) is 0. The number of rotatable bonds is 2. The van der Waals surface area contributed by atoms with Crippen molar-refractivity contribution in [3.8, 4) is 17.0 Å². The summed E-state index contributed by atoms with van der Waals surface area (Å²) in [5, 5.41) is 0. The predicted molar refractivity (Wildman–Crippen MR) is 73.6 cm³/mol. The lowest BCUT2D eigenvalue weighted by atomic mass is 10.0. The molecule has 1 aliphatic rings. The summed E-state index contributed by atoms with van der Waals surface area (Å²) in [6, 6.07) is 6.74. The molecule has 0 N–H and O–H groups in total. The number of alkyl halides is 3. The van der Waals surface area contributed by atoms with Crippen LogP contribution in [0.2, 0.25) is 0 Å². The minimum absolute atomic E-state index is 0.0155. The molecule has 0 atom stereocenters. The number of nitrogens with zero attached hydrogens (tertiary/aromatic N) is 2. The molecule has 2 heterocycles. The van der Waals surface area contributed by atoms with Crippen LogP contribution in [0.5, 0.6) is 5.88 Å². The molecule has 1 aromatic carbocycles. The molecule has 2 aromatic rings. The molecule has 0 radical (unpaired) electrons. The van der Waals surface area contributed by atoms with Gasteiger partial charge in [0.1, 0.15) is 12.3 Å². The Morgan fingerprint density at radius 3 is 2.77 bits per heavy atom. The largest absolute Gasteiger partial charge is 0.474 e. The molecule has 0 unspecified atom stereocenters. The van der Waals surface area contributed by atoms with Crippen molar-refractivity contribution in [1.29, 1.82) is 0 Å². The molecule has 0 aliphatic carbocycles. The first-order valence-electron chi connectivity index (χ1n) is 6.52. The van der Waals surface area contributed by atoms with Crippen LogP contribution < -0.4 is 9.64 Å². The molecule has 1 amide bonds. The molecule has 22 heavy (non-hydrogen) atoms. The first-order valence-corrected chi connectivity index (χ1v) is 6.52. The SMILES string of the molecule is O=CN1CCOc2ncc(-c3ccccc3C(F)(F)F)cc21. The molecule has 0 saturated carbocycles. The maximum absolute atomic E-state index is 13.1. The van der Waals surface area contributed by atoms with Crippen LogP contribution in [-0.4, -0.2) is 24.5 Å². The van der Waals surface area contributed by atoms with E-state index >= 15 is 0 Å². The summed E-state index contributed by atoms with van der Waals surface area (Å²) in [5.74, 6) is 0.242. The molecule has 7 heteroatoms. The first-order chi connectivity index (χ1) is 10.5. The predicted octanol–water partition coefficient (Wildman–Crippen LogP) is 3.12. The zero-order valence-corrected chi connectivity index (χ0v) is 11.3. The van der Waals surface area contributed by atoms with E-state index in [1.807, 2.05) is 0 Å². The van der Waals surface area contributed by atoms with E-state index in [1.165, 1.54) is 35.4 Å². The zero-order chi connectivity index (χ0) is 15.7. The zero-order valence-electron chi connectivity index (χ0n) is 11.3. The lowest BCUT2D eigenvalue weighted by Crippen LogP contribution is -2.31. The van der Waals surface area contributed by atoms with E-state index in [2.05, 4.69) is 4.98 Å². The van der Waals surface area contributed by atoms with Gasteiger partial charge in [-0.3, -0.25) is 4.79 Å². The lowest BCUT2D eigenvalue weighted by molar-refractivity contribution is -0.137. The highest BCUT2D eigenvalue weighted by molar-refractivity contribution is 5.82. The molecular weight excluding hydrogens is 297 g/mol. The molecule has 3 rings (SSSR count). The number of carbonyl (C=O) groups excluding carboxylic acids is 1. The summed E-state index contributed by atoms with van der Waals surface area (Å²) in [7, 11) is 0. The van der Waals surface area contributed by atoms with Gasteiger partial charge in [-0.1, -0.05) is 18.2 Å². The Labute approximate surface area is 124 Å². The maximum atomic E-state index is 13.1. The average molecular weight is 308 g/mol. The fraction of sp³-hybridized carbons (Fsp3) is 0.200. The summed E-state index contributed by atoms with van der Waals surface area (Å²) in [6.07, 6.45) is -2.53. The Balaban J connectivity index is 2.13. The van der Waals surface area contributed by atoms with Crippen LogP contribution in [0.15, 0.2) is 36.5 Å². The number of carbonyl (C=O) groups is 1. The van der Waals surface area contributed by atoms with Gasteiger partial charge in [-0.05, 0) is 17.7 Å². The molecule has 1 aromatic heterocycles. The number of fused-ring (bicyclic) bond motifs is 1. The van der Waals surface area contributed by atoms with E-state index in [0.29, 0.717) is 25.2 Å². The van der Waals surface area contributed by atoms with Crippen LogP contribution in [0.25, 0.3) is 11.1 Å². The lowest BCUT2D eigenvalue weighted by Gasteiger charge is -2.25. The summed E-state index contributed by atoms with van der Waals surface area (Å²) in [6.45, 7) is 0.639. The number of aromatic nitrogens is 1. The number of halogens is 3. The Kier molecular flexibility index (Phi) is 3.48. The van der Waals surface area contributed by atoms with Crippen LogP contribution in [0.3, 0.4) is 0 Å². The van der Waals surface area contributed by atoms with Crippen molar-refractivity contribution in [2.75, 3.05) is 18.1 Å². The molecule has 0 spiro atoms. The van der Waals surface area contributed by atoms with Crippen LogP contribution in [0, 0.1) is 0 Å². The highest BCUT2D eigenvalue weighted by Crippen LogP contribution is 2.39. The van der Waals surface area contributed by atoms with Crippen molar-refractivity contribution in [3.63, 3.8) is 0 Å². The van der Waals surface area contributed by atoms with Gasteiger partial charge in [0, 0.05) is 11.8 Å². The molecule has 0 fully saturated rings. The Bertz CT molecular complexity index is 716. The highest BCUT2D eigenvalue weighted by atomic mass is 19.4. The van der Waals surface area contributed by atoms with E-state index < -0.39 is 11.7 Å². The number of hydrogen-bond acceptors (Lipinski definition) is 3. The monoisotopic (exact) mass is 308 g/mol. The van der Waals surface area contributed by atoms with Gasteiger partial charge in [-0.25, -0.2) is 4.98 Å². The van der Waals surface area contributed by atoms with Crippen molar-refractivity contribution in [2.45, 2.75) is 6.18 Å². The third kappa shape index (κ3) is 2.49. The van der Waals surface area contributed by atoms with Gasteiger partial charge in [-0.2, -0.15) is 13.2 Å². The quantitative estimate of drug-likeness (QED) is 0.801. The van der Waals surface area contributed by atoms with Gasteiger partial charge in [0.05, 0.1) is 12.1 Å². The fourth-order valence-electron chi connectivity index (χ4n) is 2.36. The Morgan fingerprint density at radius 1 is 1.27 bits per heavy atom. The Hall–Kier alpha value is -2.57. The van der Waals surface area contributed by atoms with Gasteiger partial charge in [0.15, 0.2) is 0 Å².